The molecule has 1 N–H and O–H groups in total. The number of rotatable bonds is 0. The normalized spacial score (nSPS) is 13.6. The number of benzene rings is 1. The van der Waals surface area contributed by atoms with Crippen molar-refractivity contribution in [2.45, 2.75) is 13.5 Å². The Bertz CT molecular complexity index is 620. The minimum absolute atomic E-state index is 0.146. The van der Waals surface area contributed by atoms with E-state index in [1.807, 2.05) is 17.6 Å². The molecular formula is C11H9ClN4O. The van der Waals surface area contributed by atoms with Crippen LogP contribution in [0.5, 0.6) is 0 Å². The molecule has 86 valence electrons. The molecule has 0 atom stereocenters. The third-order valence-electron chi connectivity index (χ3n) is 2.74. The molecule has 2 heterocycles. The Morgan fingerprint density at radius 3 is 3.06 bits per heavy atom. The molecule has 1 aliphatic heterocycles. The monoisotopic (exact) mass is 248 g/mol. The number of hydrogen-bond donors (Lipinski definition) is 1. The zero-order valence-corrected chi connectivity index (χ0v) is 9.82. The van der Waals surface area contributed by atoms with Gasteiger partial charge in [-0.3, -0.25) is 9.36 Å². The largest absolute Gasteiger partial charge is 0.345 e. The Labute approximate surface area is 102 Å². The number of aromatic nitrogens is 3. The maximum absolute atomic E-state index is 11.9. The highest BCUT2D eigenvalue weighted by Crippen LogP contribution is 2.24. The number of halogens is 1. The smallest absolute Gasteiger partial charge is 0.253 e. The molecule has 2 aromatic rings. The standard InChI is InChI=1S/C11H9ClN4O/c1-6-14-15-10-5-13-11(17)8-4-7(12)2-3-9(8)16(6)10/h2-4H,5H2,1H3,(H,13,17). The number of fused-ring (bicyclic) bond motifs is 3. The second kappa shape index (κ2) is 3.56. The fourth-order valence-electron chi connectivity index (χ4n) is 1.97. The Kier molecular flexibility index (Phi) is 2.16. The second-order valence-corrected chi connectivity index (χ2v) is 4.28. The van der Waals surface area contributed by atoms with Crippen LogP contribution >= 0.6 is 11.6 Å². The molecule has 0 unspecified atom stereocenters. The first-order valence-electron chi connectivity index (χ1n) is 5.16. The fraction of sp³-hybridized carbons (Fsp3) is 0.182. The number of hydrogen-bond acceptors (Lipinski definition) is 3. The molecule has 17 heavy (non-hydrogen) atoms. The lowest BCUT2D eigenvalue weighted by atomic mass is 10.1. The van der Waals surface area contributed by atoms with Crippen molar-refractivity contribution in [3.63, 3.8) is 0 Å². The molecule has 6 heteroatoms. The zero-order chi connectivity index (χ0) is 12.0. The summed E-state index contributed by atoms with van der Waals surface area (Å²) < 4.78 is 1.86. The summed E-state index contributed by atoms with van der Waals surface area (Å²) >= 11 is 5.92. The number of aryl methyl sites for hydroxylation is 1. The molecule has 0 aliphatic carbocycles. The molecule has 1 amide bonds. The van der Waals surface area contributed by atoms with E-state index in [-0.39, 0.29) is 5.91 Å². The first kappa shape index (κ1) is 10.3. The summed E-state index contributed by atoms with van der Waals surface area (Å²) in [7, 11) is 0. The van der Waals surface area contributed by atoms with Crippen molar-refractivity contribution in [2.75, 3.05) is 0 Å². The Morgan fingerprint density at radius 1 is 1.41 bits per heavy atom. The summed E-state index contributed by atoms with van der Waals surface area (Å²) in [5, 5.41) is 11.4. The number of amides is 1. The van der Waals surface area contributed by atoms with Gasteiger partial charge in [0.2, 0.25) is 0 Å². The van der Waals surface area contributed by atoms with Crippen LogP contribution in [0.1, 0.15) is 22.0 Å². The van der Waals surface area contributed by atoms with E-state index >= 15 is 0 Å². The SMILES string of the molecule is Cc1nnc2n1-c1ccc(Cl)cc1C(=O)NC2. The van der Waals surface area contributed by atoms with Gasteiger partial charge < -0.3 is 5.32 Å². The molecule has 0 radical (unpaired) electrons. The molecular weight excluding hydrogens is 240 g/mol. The van der Waals surface area contributed by atoms with Gasteiger partial charge in [0.05, 0.1) is 17.8 Å². The van der Waals surface area contributed by atoms with Crippen LogP contribution in [-0.2, 0) is 6.54 Å². The van der Waals surface area contributed by atoms with Crippen molar-refractivity contribution < 1.29 is 4.79 Å². The third-order valence-corrected chi connectivity index (χ3v) is 2.98. The van der Waals surface area contributed by atoms with E-state index in [2.05, 4.69) is 15.5 Å². The van der Waals surface area contributed by atoms with E-state index in [1.165, 1.54) is 0 Å². The number of nitrogens with one attached hydrogen (secondary N) is 1. The summed E-state index contributed by atoms with van der Waals surface area (Å²) in [6, 6.07) is 5.21. The quantitative estimate of drug-likeness (QED) is 0.768. The van der Waals surface area contributed by atoms with Crippen molar-refractivity contribution in [3.05, 3.63) is 40.4 Å². The predicted octanol–water partition coefficient (Wildman–Crippen LogP) is 1.47. The first-order valence-corrected chi connectivity index (χ1v) is 5.53. The van der Waals surface area contributed by atoms with E-state index in [4.69, 9.17) is 11.6 Å². The predicted molar refractivity (Wildman–Crippen MR) is 62.3 cm³/mol. The highest BCUT2D eigenvalue weighted by atomic mass is 35.5. The number of carbonyl (C=O) groups excluding carboxylic acids is 1. The van der Waals surface area contributed by atoms with Crippen LogP contribution in [0.2, 0.25) is 5.02 Å². The topological polar surface area (TPSA) is 59.8 Å². The van der Waals surface area contributed by atoms with Gasteiger partial charge in [0, 0.05) is 5.02 Å². The number of nitrogens with zero attached hydrogens (tertiary/aromatic N) is 3. The van der Waals surface area contributed by atoms with Crippen LogP contribution in [0.25, 0.3) is 5.69 Å². The maximum Gasteiger partial charge on any atom is 0.253 e. The average molecular weight is 249 g/mol. The van der Waals surface area contributed by atoms with Gasteiger partial charge in [-0.05, 0) is 25.1 Å². The summed E-state index contributed by atoms with van der Waals surface area (Å²) in [5.74, 6) is 1.32. The van der Waals surface area contributed by atoms with E-state index in [0.717, 1.165) is 17.3 Å². The van der Waals surface area contributed by atoms with Gasteiger partial charge in [-0.1, -0.05) is 11.6 Å². The van der Waals surface area contributed by atoms with E-state index in [9.17, 15) is 4.79 Å². The lowest BCUT2D eigenvalue weighted by molar-refractivity contribution is 0.0952. The first-order chi connectivity index (χ1) is 8.16. The molecule has 0 saturated carbocycles. The minimum atomic E-state index is -0.146. The zero-order valence-electron chi connectivity index (χ0n) is 9.07. The summed E-state index contributed by atoms with van der Waals surface area (Å²) in [4.78, 5) is 11.9. The van der Waals surface area contributed by atoms with Gasteiger partial charge >= 0.3 is 0 Å². The third kappa shape index (κ3) is 1.51. The highest BCUT2D eigenvalue weighted by molar-refractivity contribution is 6.31. The molecule has 0 saturated heterocycles. The highest BCUT2D eigenvalue weighted by Gasteiger charge is 2.22. The Balaban J connectivity index is 2.34. The molecule has 1 aromatic heterocycles. The molecule has 1 aromatic carbocycles. The minimum Gasteiger partial charge on any atom is -0.345 e. The van der Waals surface area contributed by atoms with Crippen LogP contribution in [0.4, 0.5) is 0 Å². The molecule has 0 fully saturated rings. The van der Waals surface area contributed by atoms with Crippen molar-refractivity contribution in [2.24, 2.45) is 0 Å². The van der Waals surface area contributed by atoms with Crippen LogP contribution in [0, 0.1) is 6.92 Å². The van der Waals surface area contributed by atoms with Gasteiger partial charge in [-0.15, -0.1) is 10.2 Å². The molecule has 1 aliphatic rings. The van der Waals surface area contributed by atoms with E-state index in [1.54, 1.807) is 12.1 Å². The molecule has 5 nitrogen and oxygen atoms in total. The number of carbonyl (C=O) groups is 1. The lowest BCUT2D eigenvalue weighted by Gasteiger charge is -2.08. The molecule has 0 bridgehead atoms. The fourth-order valence-corrected chi connectivity index (χ4v) is 2.15. The van der Waals surface area contributed by atoms with Crippen molar-refractivity contribution >= 4 is 17.5 Å². The van der Waals surface area contributed by atoms with Gasteiger partial charge in [-0.2, -0.15) is 0 Å². The van der Waals surface area contributed by atoms with E-state index < -0.39 is 0 Å². The van der Waals surface area contributed by atoms with Crippen LogP contribution < -0.4 is 5.32 Å². The lowest BCUT2D eigenvalue weighted by Crippen LogP contribution is -2.21. The van der Waals surface area contributed by atoms with Gasteiger partial charge in [-0.25, -0.2) is 0 Å². The van der Waals surface area contributed by atoms with Crippen molar-refractivity contribution in [1.29, 1.82) is 0 Å². The Hall–Kier alpha value is -1.88. The van der Waals surface area contributed by atoms with Crippen LogP contribution in [-0.4, -0.2) is 20.7 Å². The summed E-state index contributed by atoms with van der Waals surface area (Å²) in [6.45, 7) is 2.22. The van der Waals surface area contributed by atoms with Gasteiger partial charge in [0.1, 0.15) is 5.82 Å². The molecule has 0 spiro atoms. The Morgan fingerprint density at radius 2 is 2.24 bits per heavy atom. The maximum atomic E-state index is 11.9. The summed E-state index contributed by atoms with van der Waals surface area (Å²) in [6.07, 6.45) is 0. The van der Waals surface area contributed by atoms with Crippen LogP contribution in [0.15, 0.2) is 18.2 Å². The van der Waals surface area contributed by atoms with E-state index in [0.29, 0.717) is 17.1 Å². The second-order valence-electron chi connectivity index (χ2n) is 3.84. The van der Waals surface area contributed by atoms with Gasteiger partial charge in [0.15, 0.2) is 5.82 Å². The summed E-state index contributed by atoms with van der Waals surface area (Å²) in [5.41, 5.74) is 1.31. The average Bonchev–Trinajstić information content (AvgIpc) is 2.61. The van der Waals surface area contributed by atoms with Gasteiger partial charge in [0.25, 0.3) is 5.91 Å². The van der Waals surface area contributed by atoms with Crippen molar-refractivity contribution in [1.82, 2.24) is 20.1 Å². The van der Waals surface area contributed by atoms with Crippen molar-refractivity contribution in [3.8, 4) is 5.69 Å². The molecule has 3 rings (SSSR count). The van der Waals surface area contributed by atoms with Crippen LogP contribution in [0.3, 0.4) is 0 Å².